The number of fused-ring (bicyclic) bond motifs is 1. The molecule has 0 aromatic rings. The van der Waals surface area contributed by atoms with E-state index in [2.05, 4.69) is 34.3 Å². The van der Waals surface area contributed by atoms with Gasteiger partial charge in [0.2, 0.25) is 0 Å². The zero-order valence-electron chi connectivity index (χ0n) is 14.8. The summed E-state index contributed by atoms with van der Waals surface area (Å²) in [5, 5.41) is 10.3. The Hall–Kier alpha value is -0.560. The van der Waals surface area contributed by atoms with Crippen LogP contribution in [0.4, 0.5) is 0 Å². The van der Waals surface area contributed by atoms with Crippen molar-refractivity contribution in [3.63, 3.8) is 0 Å². The highest BCUT2D eigenvalue weighted by molar-refractivity contribution is 5.27. The maximum absolute atomic E-state index is 10.3. The van der Waals surface area contributed by atoms with Crippen LogP contribution in [0.25, 0.3) is 0 Å². The van der Waals surface area contributed by atoms with Gasteiger partial charge in [-0.2, -0.15) is 0 Å². The minimum Gasteiger partial charge on any atom is -0.386 e. The van der Waals surface area contributed by atoms with E-state index in [0.717, 1.165) is 18.8 Å². The Morgan fingerprint density at radius 3 is 2.62 bits per heavy atom. The second kappa shape index (κ2) is 5.57. The molecule has 1 fully saturated rings. The van der Waals surface area contributed by atoms with Crippen molar-refractivity contribution >= 4 is 0 Å². The summed E-state index contributed by atoms with van der Waals surface area (Å²) in [5.74, 6) is 0.797. The average molecular weight is 290 g/mol. The highest BCUT2D eigenvalue weighted by Crippen LogP contribution is 2.60. The minimum absolute atomic E-state index is 0.349. The molecule has 1 N–H and O–H groups in total. The van der Waals surface area contributed by atoms with Crippen molar-refractivity contribution in [1.29, 1.82) is 0 Å². The molecule has 0 radical (unpaired) electrons. The third-order valence-corrected chi connectivity index (χ3v) is 6.56. The van der Waals surface area contributed by atoms with Crippen molar-refractivity contribution in [1.82, 2.24) is 0 Å². The molecule has 0 amide bonds. The Kier molecular flexibility index (Phi) is 4.46. The number of aliphatic hydroxyl groups is 1. The summed E-state index contributed by atoms with van der Waals surface area (Å²) in [6.45, 7) is 15.4. The average Bonchev–Trinajstić information content (AvgIpc) is 2.36. The third kappa shape index (κ3) is 3.13. The molecule has 2 aliphatic rings. The summed E-state index contributed by atoms with van der Waals surface area (Å²) in [7, 11) is 0. The van der Waals surface area contributed by atoms with E-state index >= 15 is 0 Å². The molecule has 1 saturated carbocycles. The molecule has 2 rings (SSSR count). The Morgan fingerprint density at radius 1 is 1.33 bits per heavy atom. The Labute approximate surface area is 131 Å². The fourth-order valence-corrected chi connectivity index (χ4v) is 5.17. The van der Waals surface area contributed by atoms with Gasteiger partial charge in [-0.15, -0.1) is 6.58 Å². The van der Waals surface area contributed by atoms with Gasteiger partial charge >= 0.3 is 0 Å². The SMILES string of the molecule is C=CC(C)(O)CCC1=C(C)CCC2C(C)(C)CCC[C@@]12C. The number of allylic oxidation sites excluding steroid dienone is 2. The highest BCUT2D eigenvalue weighted by Gasteiger charge is 2.49. The molecule has 2 unspecified atom stereocenters. The van der Waals surface area contributed by atoms with Gasteiger partial charge in [0.15, 0.2) is 0 Å². The maximum Gasteiger partial charge on any atom is 0.0800 e. The number of hydrogen-bond donors (Lipinski definition) is 1. The van der Waals surface area contributed by atoms with Crippen LogP contribution < -0.4 is 0 Å². The first-order chi connectivity index (χ1) is 9.62. The van der Waals surface area contributed by atoms with Crippen LogP contribution in [-0.4, -0.2) is 10.7 Å². The quantitative estimate of drug-likeness (QED) is 0.664. The summed E-state index contributed by atoms with van der Waals surface area (Å²) in [5.41, 5.74) is 3.31. The maximum atomic E-state index is 10.3. The van der Waals surface area contributed by atoms with Crippen LogP contribution in [0.2, 0.25) is 0 Å². The van der Waals surface area contributed by atoms with Crippen LogP contribution in [0.5, 0.6) is 0 Å². The Morgan fingerprint density at radius 2 is 2.00 bits per heavy atom. The fraction of sp³-hybridized carbons (Fsp3) is 0.800. The van der Waals surface area contributed by atoms with Crippen LogP contribution in [-0.2, 0) is 0 Å². The van der Waals surface area contributed by atoms with E-state index < -0.39 is 5.60 Å². The van der Waals surface area contributed by atoms with E-state index in [0.29, 0.717) is 10.8 Å². The first-order valence-corrected chi connectivity index (χ1v) is 8.67. The molecular weight excluding hydrogens is 256 g/mol. The zero-order valence-corrected chi connectivity index (χ0v) is 14.8. The third-order valence-electron chi connectivity index (χ3n) is 6.56. The molecule has 0 bridgehead atoms. The second-order valence-electron chi connectivity index (χ2n) is 8.67. The zero-order chi connectivity index (χ0) is 15.9. The molecule has 0 saturated heterocycles. The molecule has 21 heavy (non-hydrogen) atoms. The van der Waals surface area contributed by atoms with E-state index in [-0.39, 0.29) is 0 Å². The summed E-state index contributed by atoms with van der Waals surface area (Å²) in [6, 6.07) is 0. The Balaban J connectivity index is 2.27. The molecule has 1 heteroatoms. The largest absolute Gasteiger partial charge is 0.386 e. The van der Waals surface area contributed by atoms with Crippen LogP contribution in [0, 0.1) is 16.7 Å². The van der Waals surface area contributed by atoms with Gasteiger partial charge in [-0.3, -0.25) is 0 Å². The van der Waals surface area contributed by atoms with Gasteiger partial charge in [-0.1, -0.05) is 44.4 Å². The molecule has 3 atom stereocenters. The molecule has 0 aromatic carbocycles. The predicted octanol–water partition coefficient (Wildman–Crippen LogP) is 5.65. The second-order valence-corrected chi connectivity index (χ2v) is 8.67. The lowest BCUT2D eigenvalue weighted by Crippen LogP contribution is -2.45. The predicted molar refractivity (Wildman–Crippen MR) is 91.2 cm³/mol. The normalized spacial score (nSPS) is 35.0. The molecule has 2 aliphatic carbocycles. The van der Waals surface area contributed by atoms with Gasteiger partial charge in [0.25, 0.3) is 0 Å². The van der Waals surface area contributed by atoms with Gasteiger partial charge in [-0.25, -0.2) is 0 Å². The topological polar surface area (TPSA) is 20.2 Å². The van der Waals surface area contributed by atoms with Gasteiger partial charge in [0, 0.05) is 0 Å². The lowest BCUT2D eigenvalue weighted by atomic mass is 9.50. The van der Waals surface area contributed by atoms with Crippen molar-refractivity contribution in [3.05, 3.63) is 23.8 Å². The monoisotopic (exact) mass is 290 g/mol. The highest BCUT2D eigenvalue weighted by atomic mass is 16.3. The van der Waals surface area contributed by atoms with Crippen LogP contribution in [0.3, 0.4) is 0 Å². The molecule has 0 heterocycles. The minimum atomic E-state index is -0.735. The standard InChI is InChI=1S/C20H34O/c1-7-19(5,21)14-11-16-15(2)9-10-17-18(3,4)12-8-13-20(16,17)6/h7,17,21H,1,8-14H2,2-6H3/t17?,19?,20-/m0/s1. The van der Waals surface area contributed by atoms with Crippen LogP contribution in [0.1, 0.15) is 79.6 Å². The van der Waals surface area contributed by atoms with Gasteiger partial charge < -0.3 is 5.11 Å². The van der Waals surface area contributed by atoms with E-state index in [4.69, 9.17) is 0 Å². The first kappa shape index (κ1) is 16.8. The van der Waals surface area contributed by atoms with Crippen molar-refractivity contribution in [2.24, 2.45) is 16.7 Å². The van der Waals surface area contributed by atoms with Gasteiger partial charge in [-0.05, 0) is 69.1 Å². The molecule has 0 spiro atoms. The van der Waals surface area contributed by atoms with Crippen LogP contribution >= 0.6 is 0 Å². The van der Waals surface area contributed by atoms with Crippen molar-refractivity contribution in [2.75, 3.05) is 0 Å². The van der Waals surface area contributed by atoms with E-state index in [1.807, 2.05) is 6.92 Å². The summed E-state index contributed by atoms with van der Waals surface area (Å²) < 4.78 is 0. The Bertz CT molecular complexity index is 441. The van der Waals surface area contributed by atoms with E-state index in [1.54, 1.807) is 17.2 Å². The van der Waals surface area contributed by atoms with E-state index in [1.165, 1.54) is 32.1 Å². The molecule has 0 aromatic heterocycles. The van der Waals surface area contributed by atoms with Gasteiger partial charge in [0.1, 0.15) is 0 Å². The van der Waals surface area contributed by atoms with Crippen molar-refractivity contribution < 1.29 is 5.11 Å². The molecule has 0 aliphatic heterocycles. The number of hydrogen-bond acceptors (Lipinski definition) is 1. The van der Waals surface area contributed by atoms with E-state index in [9.17, 15) is 5.11 Å². The molecular formula is C20H34O. The number of rotatable bonds is 4. The summed E-state index contributed by atoms with van der Waals surface area (Å²) in [4.78, 5) is 0. The van der Waals surface area contributed by atoms with Crippen molar-refractivity contribution in [2.45, 2.75) is 85.2 Å². The van der Waals surface area contributed by atoms with Crippen molar-refractivity contribution in [3.8, 4) is 0 Å². The van der Waals surface area contributed by atoms with Gasteiger partial charge in [0.05, 0.1) is 5.60 Å². The molecule has 1 nitrogen and oxygen atoms in total. The van der Waals surface area contributed by atoms with Crippen LogP contribution in [0.15, 0.2) is 23.8 Å². The lowest BCUT2D eigenvalue weighted by Gasteiger charge is -2.55. The summed E-state index contributed by atoms with van der Waals surface area (Å²) in [6.07, 6.45) is 10.1. The first-order valence-electron chi connectivity index (χ1n) is 8.67. The summed E-state index contributed by atoms with van der Waals surface area (Å²) >= 11 is 0. The fourth-order valence-electron chi connectivity index (χ4n) is 5.17. The molecule has 120 valence electrons. The lowest BCUT2D eigenvalue weighted by molar-refractivity contribution is 0.00784. The smallest absolute Gasteiger partial charge is 0.0800 e.